The summed E-state index contributed by atoms with van der Waals surface area (Å²) in [5, 5.41) is 3.30. The summed E-state index contributed by atoms with van der Waals surface area (Å²) in [7, 11) is 0. The van der Waals surface area contributed by atoms with E-state index in [0.717, 1.165) is 57.8 Å². The van der Waals surface area contributed by atoms with Crippen molar-refractivity contribution in [3.05, 3.63) is 0 Å². The van der Waals surface area contributed by atoms with Crippen LogP contribution >= 0.6 is 24.8 Å². The summed E-state index contributed by atoms with van der Waals surface area (Å²) in [5.74, 6) is 1.91. The standard InChI is InChI=1S/C16H29N3O2.2ClH/c20-16(12-17-11-14-1-2-14)19-7-5-18(6-8-19)13-15-3-9-21-10-4-15;;/h14-15,17H,1-13H2;2*1H. The largest absolute Gasteiger partial charge is 0.381 e. The second-order valence-electron chi connectivity index (χ2n) is 6.81. The Hall–Kier alpha value is -0.0700. The highest BCUT2D eigenvalue weighted by molar-refractivity contribution is 5.85. The van der Waals surface area contributed by atoms with Crippen molar-refractivity contribution >= 4 is 30.7 Å². The minimum atomic E-state index is 0. The molecule has 1 amide bonds. The topological polar surface area (TPSA) is 44.8 Å². The molecule has 0 atom stereocenters. The van der Waals surface area contributed by atoms with Crippen LogP contribution in [0.2, 0.25) is 0 Å². The Kier molecular flexibility index (Phi) is 9.78. The third-order valence-corrected chi connectivity index (χ3v) is 4.99. The summed E-state index contributed by atoms with van der Waals surface area (Å²) in [6.45, 7) is 8.45. The molecule has 3 fully saturated rings. The van der Waals surface area contributed by atoms with E-state index in [2.05, 4.69) is 10.2 Å². The number of hydrogen-bond acceptors (Lipinski definition) is 4. The lowest BCUT2D eigenvalue weighted by atomic mass is 9.99. The fourth-order valence-corrected chi connectivity index (χ4v) is 3.29. The Morgan fingerprint density at radius 1 is 0.957 bits per heavy atom. The molecule has 2 heterocycles. The lowest BCUT2D eigenvalue weighted by Crippen LogP contribution is -2.51. The smallest absolute Gasteiger partial charge is 0.236 e. The van der Waals surface area contributed by atoms with Crippen LogP contribution in [-0.2, 0) is 9.53 Å². The van der Waals surface area contributed by atoms with Gasteiger partial charge in [-0.2, -0.15) is 0 Å². The maximum Gasteiger partial charge on any atom is 0.236 e. The molecule has 1 saturated carbocycles. The van der Waals surface area contributed by atoms with Crippen LogP contribution in [0.1, 0.15) is 25.7 Å². The minimum Gasteiger partial charge on any atom is -0.381 e. The van der Waals surface area contributed by atoms with E-state index < -0.39 is 0 Å². The maximum absolute atomic E-state index is 12.1. The van der Waals surface area contributed by atoms with Gasteiger partial charge in [0.15, 0.2) is 0 Å². The van der Waals surface area contributed by atoms with Gasteiger partial charge in [0.05, 0.1) is 6.54 Å². The summed E-state index contributed by atoms with van der Waals surface area (Å²) in [6.07, 6.45) is 5.08. The first-order valence-corrected chi connectivity index (χ1v) is 8.60. The van der Waals surface area contributed by atoms with E-state index in [1.807, 2.05) is 4.90 Å². The van der Waals surface area contributed by atoms with Crippen molar-refractivity contribution in [1.29, 1.82) is 0 Å². The molecule has 0 bridgehead atoms. The molecule has 0 aromatic rings. The number of nitrogens with zero attached hydrogens (tertiary/aromatic N) is 2. The highest BCUT2D eigenvalue weighted by Gasteiger charge is 2.25. The number of amides is 1. The Morgan fingerprint density at radius 3 is 2.22 bits per heavy atom. The van der Waals surface area contributed by atoms with Crippen LogP contribution in [0.4, 0.5) is 0 Å². The highest BCUT2D eigenvalue weighted by Crippen LogP contribution is 2.27. The second kappa shape index (κ2) is 10.7. The minimum absolute atomic E-state index is 0. The van der Waals surface area contributed by atoms with Gasteiger partial charge in [-0.3, -0.25) is 9.69 Å². The SMILES string of the molecule is Cl.Cl.O=C(CNCC1CC1)N1CCN(CC2CCOCC2)CC1. The van der Waals surface area contributed by atoms with Crippen molar-refractivity contribution in [2.45, 2.75) is 25.7 Å². The van der Waals surface area contributed by atoms with E-state index >= 15 is 0 Å². The van der Waals surface area contributed by atoms with Crippen molar-refractivity contribution in [2.24, 2.45) is 11.8 Å². The van der Waals surface area contributed by atoms with E-state index in [9.17, 15) is 4.79 Å². The molecule has 0 aromatic heterocycles. The van der Waals surface area contributed by atoms with Crippen LogP contribution in [-0.4, -0.2) is 74.7 Å². The van der Waals surface area contributed by atoms with Gasteiger partial charge in [-0.1, -0.05) is 0 Å². The molecule has 7 heteroatoms. The summed E-state index contributed by atoms with van der Waals surface area (Å²) in [4.78, 5) is 16.7. The lowest BCUT2D eigenvalue weighted by molar-refractivity contribution is -0.132. The van der Waals surface area contributed by atoms with Crippen molar-refractivity contribution in [2.75, 3.05) is 59.0 Å². The molecular formula is C16H31Cl2N3O2. The monoisotopic (exact) mass is 367 g/mol. The van der Waals surface area contributed by atoms with Gasteiger partial charge in [-0.05, 0) is 44.1 Å². The lowest BCUT2D eigenvalue weighted by Gasteiger charge is -2.37. The molecule has 3 rings (SSSR count). The number of hydrogen-bond donors (Lipinski definition) is 1. The first-order valence-electron chi connectivity index (χ1n) is 8.60. The molecule has 3 aliphatic rings. The average Bonchev–Trinajstić information content (AvgIpc) is 3.33. The number of rotatable bonds is 6. The number of ether oxygens (including phenoxy) is 1. The van der Waals surface area contributed by atoms with E-state index in [0.29, 0.717) is 6.54 Å². The van der Waals surface area contributed by atoms with Crippen LogP contribution in [0.15, 0.2) is 0 Å². The molecule has 23 heavy (non-hydrogen) atoms. The van der Waals surface area contributed by atoms with Crippen LogP contribution in [0.5, 0.6) is 0 Å². The Balaban J connectivity index is 0.00000132. The van der Waals surface area contributed by atoms with Crippen molar-refractivity contribution in [3.63, 3.8) is 0 Å². The Bertz CT molecular complexity index is 342. The van der Waals surface area contributed by atoms with E-state index in [4.69, 9.17) is 4.74 Å². The normalized spacial score (nSPS) is 23.0. The summed E-state index contributed by atoms with van der Waals surface area (Å²) in [5.41, 5.74) is 0. The van der Waals surface area contributed by atoms with Gasteiger partial charge in [-0.15, -0.1) is 24.8 Å². The second-order valence-corrected chi connectivity index (χ2v) is 6.81. The Morgan fingerprint density at radius 2 is 1.61 bits per heavy atom. The van der Waals surface area contributed by atoms with Crippen molar-refractivity contribution < 1.29 is 9.53 Å². The van der Waals surface area contributed by atoms with Gasteiger partial charge >= 0.3 is 0 Å². The molecule has 1 aliphatic carbocycles. The van der Waals surface area contributed by atoms with E-state index in [1.165, 1.54) is 32.2 Å². The maximum atomic E-state index is 12.1. The molecular weight excluding hydrogens is 337 g/mol. The number of piperazine rings is 1. The predicted molar refractivity (Wildman–Crippen MR) is 96.7 cm³/mol. The van der Waals surface area contributed by atoms with Crippen LogP contribution < -0.4 is 5.32 Å². The van der Waals surface area contributed by atoms with E-state index in [-0.39, 0.29) is 30.7 Å². The van der Waals surface area contributed by atoms with Gasteiger partial charge in [0, 0.05) is 45.9 Å². The molecule has 1 N–H and O–H groups in total. The third-order valence-electron chi connectivity index (χ3n) is 4.99. The summed E-state index contributed by atoms with van der Waals surface area (Å²) >= 11 is 0. The molecule has 0 radical (unpaired) electrons. The Labute approximate surface area is 152 Å². The van der Waals surface area contributed by atoms with Gasteiger partial charge in [0.1, 0.15) is 0 Å². The first-order chi connectivity index (χ1) is 10.3. The number of carbonyl (C=O) groups is 1. The number of carbonyl (C=O) groups excluding carboxylic acids is 1. The number of halogens is 2. The first kappa shape index (κ1) is 21.0. The van der Waals surface area contributed by atoms with Crippen molar-refractivity contribution in [1.82, 2.24) is 15.1 Å². The van der Waals surface area contributed by atoms with Gasteiger partial charge in [0.2, 0.25) is 5.91 Å². The van der Waals surface area contributed by atoms with E-state index in [1.54, 1.807) is 0 Å². The number of nitrogens with one attached hydrogen (secondary N) is 1. The van der Waals surface area contributed by atoms with Gasteiger partial charge < -0.3 is 15.0 Å². The summed E-state index contributed by atoms with van der Waals surface area (Å²) < 4.78 is 5.42. The molecule has 0 unspecified atom stereocenters. The predicted octanol–water partition coefficient (Wildman–Crippen LogP) is 1.40. The van der Waals surface area contributed by atoms with Crippen LogP contribution in [0.25, 0.3) is 0 Å². The van der Waals surface area contributed by atoms with Crippen LogP contribution in [0, 0.1) is 11.8 Å². The van der Waals surface area contributed by atoms with Crippen molar-refractivity contribution in [3.8, 4) is 0 Å². The summed E-state index contributed by atoms with van der Waals surface area (Å²) in [6, 6.07) is 0. The van der Waals surface area contributed by atoms with Crippen LogP contribution in [0.3, 0.4) is 0 Å². The quantitative estimate of drug-likeness (QED) is 0.770. The molecule has 5 nitrogen and oxygen atoms in total. The van der Waals surface area contributed by atoms with Gasteiger partial charge in [0.25, 0.3) is 0 Å². The zero-order valence-electron chi connectivity index (χ0n) is 13.9. The molecule has 2 aliphatic heterocycles. The zero-order chi connectivity index (χ0) is 14.5. The highest BCUT2D eigenvalue weighted by atomic mass is 35.5. The average molecular weight is 368 g/mol. The fourth-order valence-electron chi connectivity index (χ4n) is 3.29. The zero-order valence-corrected chi connectivity index (χ0v) is 15.5. The third kappa shape index (κ3) is 7.14. The fraction of sp³-hybridized carbons (Fsp3) is 0.938. The molecule has 0 aromatic carbocycles. The van der Waals surface area contributed by atoms with Gasteiger partial charge in [-0.25, -0.2) is 0 Å². The molecule has 2 saturated heterocycles. The molecule has 0 spiro atoms. The molecule has 136 valence electrons.